The number of guanidine groups is 1. The molecule has 1 saturated heterocycles. The predicted molar refractivity (Wildman–Crippen MR) is 121 cm³/mol. The number of nitrogens with zero attached hydrogens (tertiary/aromatic N) is 3. The van der Waals surface area contributed by atoms with E-state index in [2.05, 4.69) is 68.1 Å². The minimum atomic E-state index is -0.0698. The van der Waals surface area contributed by atoms with Gasteiger partial charge in [0.05, 0.1) is 0 Å². The van der Waals surface area contributed by atoms with Gasteiger partial charge in [0.2, 0.25) is 5.91 Å². The van der Waals surface area contributed by atoms with Crippen LogP contribution in [-0.2, 0) is 11.3 Å². The number of likely N-dealkylation sites (tertiary alicyclic amines) is 1. The Labute approximate surface area is 179 Å². The lowest BCUT2D eigenvalue weighted by atomic mass is 10.2. The minimum Gasteiger partial charge on any atom is -0.356 e. The third kappa shape index (κ3) is 6.56. The molecule has 2 unspecified atom stereocenters. The first kappa shape index (κ1) is 21.8. The SMILES string of the molecule is CN=C(NCCC(=O)Nc1cccc(C)n1)NC1CC(C)N(Cc2ccccc2)C1. The lowest BCUT2D eigenvalue weighted by Gasteiger charge is -2.21. The van der Waals surface area contributed by atoms with E-state index < -0.39 is 0 Å². The van der Waals surface area contributed by atoms with Crippen molar-refractivity contribution in [3.05, 3.63) is 59.8 Å². The van der Waals surface area contributed by atoms with Gasteiger partial charge < -0.3 is 16.0 Å². The molecule has 1 aliphatic rings. The second kappa shape index (κ2) is 10.7. The fourth-order valence-electron chi connectivity index (χ4n) is 3.74. The van der Waals surface area contributed by atoms with E-state index in [0.717, 1.165) is 31.2 Å². The number of hydrogen-bond donors (Lipinski definition) is 3. The molecule has 0 aliphatic carbocycles. The van der Waals surface area contributed by atoms with Gasteiger partial charge >= 0.3 is 0 Å². The Kier molecular flexibility index (Phi) is 7.79. The zero-order chi connectivity index (χ0) is 21.3. The average Bonchev–Trinajstić information content (AvgIpc) is 3.06. The van der Waals surface area contributed by atoms with Gasteiger partial charge in [0.25, 0.3) is 0 Å². The number of carbonyl (C=O) groups excluding carboxylic acids is 1. The van der Waals surface area contributed by atoms with Crippen molar-refractivity contribution in [1.82, 2.24) is 20.5 Å². The molecule has 1 aromatic carbocycles. The molecule has 7 heteroatoms. The summed E-state index contributed by atoms with van der Waals surface area (Å²) in [5.41, 5.74) is 2.21. The maximum atomic E-state index is 12.1. The molecule has 3 rings (SSSR count). The summed E-state index contributed by atoms with van der Waals surface area (Å²) in [5, 5.41) is 9.56. The van der Waals surface area contributed by atoms with Crippen LogP contribution in [-0.4, -0.2) is 54.0 Å². The molecular weight excluding hydrogens is 376 g/mol. The van der Waals surface area contributed by atoms with Crippen molar-refractivity contribution in [3.63, 3.8) is 0 Å². The summed E-state index contributed by atoms with van der Waals surface area (Å²) in [6.07, 6.45) is 1.41. The molecule has 0 spiro atoms. The summed E-state index contributed by atoms with van der Waals surface area (Å²) in [4.78, 5) is 23.2. The van der Waals surface area contributed by atoms with Gasteiger partial charge in [-0.1, -0.05) is 36.4 Å². The zero-order valence-electron chi connectivity index (χ0n) is 18.1. The van der Waals surface area contributed by atoms with Crippen LogP contribution >= 0.6 is 0 Å². The number of pyridine rings is 1. The number of aryl methyl sites for hydroxylation is 1. The third-order valence-electron chi connectivity index (χ3n) is 5.30. The van der Waals surface area contributed by atoms with Crippen LogP contribution in [0.25, 0.3) is 0 Å². The highest BCUT2D eigenvalue weighted by Gasteiger charge is 2.29. The lowest BCUT2D eigenvalue weighted by Crippen LogP contribution is -2.45. The number of rotatable bonds is 7. The summed E-state index contributed by atoms with van der Waals surface area (Å²) >= 11 is 0. The monoisotopic (exact) mass is 408 g/mol. The van der Waals surface area contributed by atoms with E-state index in [0.29, 0.717) is 30.9 Å². The molecule has 1 aromatic heterocycles. The fourth-order valence-corrected chi connectivity index (χ4v) is 3.74. The van der Waals surface area contributed by atoms with Crippen LogP contribution in [0.15, 0.2) is 53.5 Å². The van der Waals surface area contributed by atoms with Gasteiger partial charge in [0.1, 0.15) is 5.82 Å². The number of amides is 1. The van der Waals surface area contributed by atoms with Crippen molar-refractivity contribution in [3.8, 4) is 0 Å². The Morgan fingerprint density at radius 2 is 2.00 bits per heavy atom. The van der Waals surface area contributed by atoms with E-state index in [4.69, 9.17) is 0 Å². The van der Waals surface area contributed by atoms with Gasteiger partial charge in [0, 0.05) is 50.9 Å². The highest BCUT2D eigenvalue weighted by Crippen LogP contribution is 2.20. The molecule has 2 aromatic rings. The van der Waals surface area contributed by atoms with Crippen LogP contribution < -0.4 is 16.0 Å². The molecule has 2 atom stereocenters. The molecule has 3 N–H and O–H groups in total. The first-order valence-electron chi connectivity index (χ1n) is 10.5. The van der Waals surface area contributed by atoms with Gasteiger partial charge in [-0.05, 0) is 38.0 Å². The number of aliphatic imine (C=N–C) groups is 1. The van der Waals surface area contributed by atoms with E-state index in [-0.39, 0.29) is 5.91 Å². The standard InChI is InChI=1S/C23H32N6O/c1-17-8-7-11-21(26-17)28-22(30)12-13-25-23(24-3)27-20-14-18(2)29(16-20)15-19-9-5-4-6-10-19/h4-11,18,20H,12-16H2,1-3H3,(H2,24,25,27)(H,26,28,30). The first-order valence-corrected chi connectivity index (χ1v) is 10.5. The molecule has 160 valence electrons. The Hall–Kier alpha value is -2.93. The third-order valence-corrected chi connectivity index (χ3v) is 5.30. The second-order valence-electron chi connectivity index (χ2n) is 7.80. The number of hydrogen-bond acceptors (Lipinski definition) is 4. The maximum Gasteiger partial charge on any atom is 0.227 e. The van der Waals surface area contributed by atoms with Crippen molar-refractivity contribution in [2.75, 3.05) is 25.5 Å². The largest absolute Gasteiger partial charge is 0.356 e. The normalized spacial score (nSPS) is 19.5. The summed E-state index contributed by atoms with van der Waals surface area (Å²) in [7, 11) is 1.76. The average molecular weight is 409 g/mol. The van der Waals surface area contributed by atoms with Crippen molar-refractivity contribution in [2.45, 2.75) is 45.3 Å². The zero-order valence-corrected chi connectivity index (χ0v) is 18.1. The van der Waals surface area contributed by atoms with Crippen LogP contribution in [0.3, 0.4) is 0 Å². The van der Waals surface area contributed by atoms with Crippen molar-refractivity contribution in [1.29, 1.82) is 0 Å². The molecule has 0 saturated carbocycles. The minimum absolute atomic E-state index is 0.0698. The van der Waals surface area contributed by atoms with Crippen LogP contribution in [0.1, 0.15) is 31.0 Å². The number of nitrogens with one attached hydrogen (secondary N) is 3. The number of aromatic nitrogens is 1. The molecular formula is C23H32N6O. The molecule has 30 heavy (non-hydrogen) atoms. The van der Waals surface area contributed by atoms with Crippen molar-refractivity contribution < 1.29 is 4.79 Å². The van der Waals surface area contributed by atoms with Crippen LogP contribution in [0, 0.1) is 6.92 Å². The molecule has 1 amide bonds. The Bertz CT molecular complexity index is 854. The van der Waals surface area contributed by atoms with Gasteiger partial charge in [0.15, 0.2) is 5.96 Å². The molecule has 0 bridgehead atoms. The topological polar surface area (TPSA) is 81.6 Å². The highest BCUT2D eigenvalue weighted by molar-refractivity contribution is 5.90. The van der Waals surface area contributed by atoms with E-state index in [1.807, 2.05) is 19.1 Å². The predicted octanol–water partition coefficient (Wildman–Crippen LogP) is 2.55. The number of anilines is 1. The van der Waals surface area contributed by atoms with E-state index in [9.17, 15) is 4.79 Å². The Balaban J connectivity index is 1.40. The quantitative estimate of drug-likeness (QED) is 0.485. The lowest BCUT2D eigenvalue weighted by molar-refractivity contribution is -0.116. The summed E-state index contributed by atoms with van der Waals surface area (Å²) in [5.74, 6) is 1.25. The van der Waals surface area contributed by atoms with Crippen LogP contribution in [0.2, 0.25) is 0 Å². The van der Waals surface area contributed by atoms with Gasteiger partial charge in [-0.2, -0.15) is 0 Å². The molecule has 1 aliphatic heterocycles. The fraction of sp³-hybridized carbons (Fsp3) is 0.435. The molecule has 1 fully saturated rings. The summed E-state index contributed by atoms with van der Waals surface area (Å²) in [6, 6.07) is 17.0. The molecule has 2 heterocycles. The molecule has 0 radical (unpaired) electrons. The molecule has 7 nitrogen and oxygen atoms in total. The van der Waals surface area contributed by atoms with Crippen molar-refractivity contribution >= 4 is 17.7 Å². The first-order chi connectivity index (χ1) is 14.5. The summed E-state index contributed by atoms with van der Waals surface area (Å²) < 4.78 is 0. The van der Waals surface area contributed by atoms with Crippen molar-refractivity contribution in [2.24, 2.45) is 4.99 Å². The maximum absolute atomic E-state index is 12.1. The van der Waals surface area contributed by atoms with Gasteiger partial charge in [-0.25, -0.2) is 4.98 Å². The number of benzene rings is 1. The van der Waals surface area contributed by atoms with E-state index in [1.165, 1.54) is 5.56 Å². The van der Waals surface area contributed by atoms with Crippen LogP contribution in [0.5, 0.6) is 0 Å². The second-order valence-corrected chi connectivity index (χ2v) is 7.80. The van der Waals surface area contributed by atoms with Crippen LogP contribution in [0.4, 0.5) is 5.82 Å². The Morgan fingerprint density at radius 1 is 1.20 bits per heavy atom. The number of carbonyl (C=O) groups is 1. The highest BCUT2D eigenvalue weighted by atomic mass is 16.1. The van der Waals surface area contributed by atoms with E-state index in [1.54, 1.807) is 13.1 Å². The smallest absolute Gasteiger partial charge is 0.227 e. The van der Waals surface area contributed by atoms with Gasteiger partial charge in [-0.3, -0.25) is 14.7 Å². The van der Waals surface area contributed by atoms with Gasteiger partial charge in [-0.15, -0.1) is 0 Å². The summed E-state index contributed by atoms with van der Waals surface area (Å²) in [6.45, 7) is 6.60. The van der Waals surface area contributed by atoms with E-state index >= 15 is 0 Å². The Morgan fingerprint density at radius 3 is 2.73 bits per heavy atom.